The molecule has 3 aromatic rings. The molecule has 0 saturated heterocycles. The van der Waals surface area contributed by atoms with E-state index in [1.807, 2.05) is 25.4 Å². The Morgan fingerprint density at radius 3 is 2.85 bits per heavy atom. The van der Waals surface area contributed by atoms with Crippen LogP contribution in [0.25, 0.3) is 16.6 Å². The van der Waals surface area contributed by atoms with Gasteiger partial charge in [0.25, 0.3) is 5.56 Å². The molecule has 0 aliphatic rings. The Morgan fingerprint density at radius 1 is 1.35 bits per heavy atom. The summed E-state index contributed by atoms with van der Waals surface area (Å²) >= 11 is 9.10. The molecule has 0 bridgehead atoms. The van der Waals surface area contributed by atoms with Crippen molar-refractivity contribution in [3.8, 4) is 5.69 Å². The average molecular weight is 355 g/mol. The second kappa shape index (κ2) is 4.60. The van der Waals surface area contributed by atoms with Gasteiger partial charge in [-0.05, 0) is 34.1 Å². The molecule has 102 valence electrons. The molecule has 0 saturated carbocycles. The average Bonchev–Trinajstić information content (AvgIpc) is 2.79. The van der Waals surface area contributed by atoms with Crippen LogP contribution in [0.4, 0.5) is 5.69 Å². The van der Waals surface area contributed by atoms with Crippen LogP contribution in [0.5, 0.6) is 0 Å². The number of nitrogens with two attached hydrogens (primary N) is 1. The van der Waals surface area contributed by atoms with Crippen LogP contribution in [-0.4, -0.2) is 19.6 Å². The summed E-state index contributed by atoms with van der Waals surface area (Å²) in [4.78, 5) is 12.1. The standard InChI is InChI=1S/C12H9BrClN5O/c1-18-5-6-4-7(2-3-8(6)16-18)19-12(20)9(14)10(15)11(13)17-19/h2-5H,15H2,1H3. The van der Waals surface area contributed by atoms with Crippen LogP contribution in [-0.2, 0) is 7.05 Å². The highest BCUT2D eigenvalue weighted by atomic mass is 79.9. The lowest BCUT2D eigenvalue weighted by Gasteiger charge is -2.07. The summed E-state index contributed by atoms with van der Waals surface area (Å²) in [6.07, 6.45) is 1.86. The van der Waals surface area contributed by atoms with E-state index in [4.69, 9.17) is 17.3 Å². The second-order valence-corrected chi connectivity index (χ2v) is 5.41. The third kappa shape index (κ3) is 1.99. The van der Waals surface area contributed by atoms with Crippen molar-refractivity contribution in [1.29, 1.82) is 0 Å². The summed E-state index contributed by atoms with van der Waals surface area (Å²) in [7, 11) is 1.83. The minimum absolute atomic E-state index is 0.0573. The zero-order valence-corrected chi connectivity index (χ0v) is 12.7. The van der Waals surface area contributed by atoms with Crippen molar-refractivity contribution in [3.05, 3.63) is 44.4 Å². The van der Waals surface area contributed by atoms with Crippen molar-refractivity contribution in [3.63, 3.8) is 0 Å². The van der Waals surface area contributed by atoms with Crippen molar-refractivity contribution >= 4 is 44.1 Å². The first-order valence-electron chi connectivity index (χ1n) is 5.65. The van der Waals surface area contributed by atoms with Crippen LogP contribution < -0.4 is 11.3 Å². The van der Waals surface area contributed by atoms with Gasteiger partial charge in [-0.25, -0.2) is 0 Å². The van der Waals surface area contributed by atoms with Crippen LogP contribution in [0, 0.1) is 0 Å². The van der Waals surface area contributed by atoms with Gasteiger partial charge >= 0.3 is 0 Å². The number of halogens is 2. The topological polar surface area (TPSA) is 78.7 Å². The van der Waals surface area contributed by atoms with Crippen LogP contribution in [0.2, 0.25) is 5.02 Å². The lowest BCUT2D eigenvalue weighted by molar-refractivity contribution is 0.780. The molecule has 3 rings (SSSR count). The van der Waals surface area contributed by atoms with Gasteiger partial charge in [-0.3, -0.25) is 9.48 Å². The van der Waals surface area contributed by atoms with Gasteiger partial charge in [0.2, 0.25) is 0 Å². The highest BCUT2D eigenvalue weighted by Crippen LogP contribution is 2.23. The number of hydrogen-bond donors (Lipinski definition) is 1. The Kier molecular flexibility index (Phi) is 3.02. The maximum atomic E-state index is 12.1. The summed E-state index contributed by atoms with van der Waals surface area (Å²) in [5, 5.41) is 9.22. The number of aromatic nitrogens is 4. The molecular formula is C12H9BrClN5O. The fraction of sp³-hybridized carbons (Fsp3) is 0.0833. The van der Waals surface area contributed by atoms with Gasteiger partial charge in [0.1, 0.15) is 5.02 Å². The molecule has 0 atom stereocenters. The summed E-state index contributed by atoms with van der Waals surface area (Å²) in [5.74, 6) is 0. The minimum Gasteiger partial charge on any atom is -0.395 e. The number of anilines is 1. The van der Waals surface area contributed by atoms with Gasteiger partial charge < -0.3 is 5.73 Å². The summed E-state index contributed by atoms with van der Waals surface area (Å²) in [6, 6.07) is 5.38. The molecule has 2 N–H and O–H groups in total. The molecule has 6 nitrogen and oxygen atoms in total. The van der Waals surface area contributed by atoms with Crippen LogP contribution in [0.1, 0.15) is 0 Å². The monoisotopic (exact) mass is 353 g/mol. The highest BCUT2D eigenvalue weighted by molar-refractivity contribution is 9.10. The van der Waals surface area contributed by atoms with E-state index >= 15 is 0 Å². The second-order valence-electron chi connectivity index (χ2n) is 4.28. The van der Waals surface area contributed by atoms with Gasteiger partial charge in [0.15, 0.2) is 4.60 Å². The molecule has 0 spiro atoms. The molecule has 0 aliphatic carbocycles. The molecule has 0 amide bonds. The lowest BCUT2D eigenvalue weighted by Crippen LogP contribution is -2.23. The largest absolute Gasteiger partial charge is 0.395 e. The molecule has 0 radical (unpaired) electrons. The molecular weight excluding hydrogens is 346 g/mol. The summed E-state index contributed by atoms with van der Waals surface area (Å²) in [5.41, 5.74) is 6.76. The number of hydrogen-bond acceptors (Lipinski definition) is 4. The molecule has 2 heterocycles. The Labute approximate surface area is 126 Å². The number of fused-ring (bicyclic) bond motifs is 1. The van der Waals surface area contributed by atoms with Crippen molar-refractivity contribution < 1.29 is 0 Å². The first-order valence-corrected chi connectivity index (χ1v) is 6.82. The molecule has 20 heavy (non-hydrogen) atoms. The zero-order valence-electron chi connectivity index (χ0n) is 10.3. The lowest BCUT2D eigenvalue weighted by atomic mass is 10.2. The highest BCUT2D eigenvalue weighted by Gasteiger charge is 2.13. The van der Waals surface area contributed by atoms with Crippen molar-refractivity contribution in [2.24, 2.45) is 7.05 Å². The van der Waals surface area contributed by atoms with E-state index in [9.17, 15) is 4.79 Å². The van der Waals surface area contributed by atoms with Crippen LogP contribution >= 0.6 is 27.5 Å². The molecule has 2 aromatic heterocycles. The third-order valence-electron chi connectivity index (χ3n) is 2.87. The molecule has 0 fully saturated rings. The van der Waals surface area contributed by atoms with Gasteiger partial charge in [-0.2, -0.15) is 14.9 Å². The Hall–Kier alpha value is -1.86. The van der Waals surface area contributed by atoms with Crippen molar-refractivity contribution in [1.82, 2.24) is 19.6 Å². The first-order chi connectivity index (χ1) is 9.47. The van der Waals surface area contributed by atoms with Crippen LogP contribution in [0.15, 0.2) is 33.8 Å². The number of nitrogens with zero attached hydrogens (tertiary/aromatic N) is 4. The SMILES string of the molecule is Cn1cc2cc(-n3nc(Br)c(N)c(Cl)c3=O)ccc2n1. The van der Waals surface area contributed by atoms with Crippen LogP contribution in [0.3, 0.4) is 0 Å². The van der Waals surface area contributed by atoms with Crippen molar-refractivity contribution in [2.45, 2.75) is 0 Å². The fourth-order valence-electron chi connectivity index (χ4n) is 1.93. The molecule has 0 aliphatic heterocycles. The van der Waals surface area contributed by atoms with Gasteiger partial charge in [0.05, 0.1) is 16.9 Å². The molecule has 1 aromatic carbocycles. The number of aryl methyl sites for hydroxylation is 1. The van der Waals surface area contributed by atoms with E-state index in [2.05, 4.69) is 26.1 Å². The predicted octanol–water partition coefficient (Wildman–Crippen LogP) is 2.12. The Balaban J connectivity index is 2.27. The predicted molar refractivity (Wildman–Crippen MR) is 81.2 cm³/mol. The first kappa shape index (κ1) is 13.1. The molecule has 0 unspecified atom stereocenters. The number of rotatable bonds is 1. The van der Waals surface area contributed by atoms with E-state index in [0.717, 1.165) is 10.9 Å². The van der Waals surface area contributed by atoms with E-state index in [1.165, 1.54) is 4.68 Å². The summed E-state index contributed by atoms with van der Waals surface area (Å²) in [6.45, 7) is 0. The van der Waals surface area contributed by atoms with Gasteiger partial charge in [-0.1, -0.05) is 11.6 Å². The number of benzene rings is 1. The maximum Gasteiger partial charge on any atom is 0.292 e. The molecule has 8 heteroatoms. The number of nitrogen functional groups attached to an aromatic ring is 1. The van der Waals surface area contributed by atoms with E-state index < -0.39 is 5.56 Å². The smallest absolute Gasteiger partial charge is 0.292 e. The fourth-order valence-corrected chi connectivity index (χ4v) is 2.57. The van der Waals surface area contributed by atoms with E-state index in [0.29, 0.717) is 10.3 Å². The Morgan fingerprint density at radius 2 is 2.10 bits per heavy atom. The minimum atomic E-state index is -0.462. The summed E-state index contributed by atoms with van der Waals surface area (Å²) < 4.78 is 3.24. The zero-order chi connectivity index (χ0) is 14.4. The normalized spacial score (nSPS) is 11.2. The third-order valence-corrected chi connectivity index (χ3v) is 3.82. The van der Waals surface area contributed by atoms with E-state index in [-0.39, 0.29) is 10.7 Å². The van der Waals surface area contributed by atoms with Crippen molar-refractivity contribution in [2.75, 3.05) is 5.73 Å². The maximum absolute atomic E-state index is 12.1. The quantitative estimate of drug-likeness (QED) is 0.726. The van der Waals surface area contributed by atoms with E-state index in [1.54, 1.807) is 10.7 Å². The Bertz CT molecular complexity index is 885. The van der Waals surface area contributed by atoms with Gasteiger partial charge in [-0.15, -0.1) is 0 Å². The van der Waals surface area contributed by atoms with Gasteiger partial charge in [0, 0.05) is 18.6 Å².